The fourth-order valence-electron chi connectivity index (χ4n) is 4.51. The molecule has 2 saturated carbocycles. The molecule has 0 bridgehead atoms. The maximum Gasteiger partial charge on any atom is 0.225 e. The maximum atomic E-state index is 12.7. The molecule has 19 heavy (non-hydrogen) atoms. The zero-order valence-corrected chi connectivity index (χ0v) is 11.9. The first-order valence-electron chi connectivity index (χ1n) is 8.26. The average molecular weight is 265 g/mol. The van der Waals surface area contributed by atoms with E-state index in [1.807, 2.05) is 0 Å². The summed E-state index contributed by atoms with van der Waals surface area (Å²) < 4.78 is 0. The third-order valence-electron chi connectivity index (χ3n) is 5.56. The number of rotatable bonds is 2. The molecule has 3 atom stereocenters. The lowest BCUT2D eigenvalue weighted by atomic mass is 9.80. The van der Waals surface area contributed by atoms with Crippen LogP contribution in [0, 0.1) is 11.8 Å². The highest BCUT2D eigenvalue weighted by Crippen LogP contribution is 2.37. The Hall–Kier alpha value is -0.570. The van der Waals surface area contributed by atoms with Gasteiger partial charge in [0.2, 0.25) is 5.91 Å². The van der Waals surface area contributed by atoms with Crippen molar-refractivity contribution in [2.75, 3.05) is 6.54 Å². The number of carbonyl (C=O) groups is 1. The number of carbonyl (C=O) groups excluding carboxylic acids is 1. The molecule has 3 rings (SSSR count). The molecule has 3 fully saturated rings. The number of hydrogen-bond donors (Lipinski definition) is 1. The molecule has 1 saturated heterocycles. The highest BCUT2D eigenvalue weighted by molar-refractivity contribution is 5.79. The Morgan fingerprint density at radius 1 is 0.895 bits per heavy atom. The van der Waals surface area contributed by atoms with Crippen molar-refractivity contribution in [3.63, 3.8) is 0 Å². The van der Waals surface area contributed by atoms with Crippen molar-refractivity contribution in [2.24, 2.45) is 11.8 Å². The van der Waals surface area contributed by atoms with Crippen molar-refractivity contribution in [3.05, 3.63) is 0 Å². The first kappa shape index (κ1) is 13.4. The van der Waals surface area contributed by atoms with Gasteiger partial charge in [-0.25, -0.2) is 0 Å². The molecule has 2 aliphatic carbocycles. The molecule has 3 heteroatoms. The lowest BCUT2D eigenvalue weighted by Gasteiger charge is -2.38. The van der Waals surface area contributed by atoms with Crippen LogP contribution >= 0.6 is 0 Å². The van der Waals surface area contributed by atoms with E-state index in [0.29, 0.717) is 23.8 Å². The van der Waals surface area contributed by atoms with Crippen LogP contribution in [0.3, 0.4) is 0 Å². The van der Waals surface area contributed by atoms with Gasteiger partial charge < -0.3 is 10.0 Å². The topological polar surface area (TPSA) is 40.5 Å². The zero-order valence-electron chi connectivity index (χ0n) is 11.9. The van der Waals surface area contributed by atoms with Gasteiger partial charge in [0.1, 0.15) is 0 Å². The highest BCUT2D eigenvalue weighted by Gasteiger charge is 2.40. The predicted octanol–water partition coefficient (Wildman–Crippen LogP) is 2.72. The molecule has 1 amide bonds. The highest BCUT2D eigenvalue weighted by atomic mass is 16.3. The molecule has 108 valence electrons. The van der Waals surface area contributed by atoms with Gasteiger partial charge in [-0.15, -0.1) is 0 Å². The average Bonchev–Trinajstić information content (AvgIpc) is 3.10. The van der Waals surface area contributed by atoms with Gasteiger partial charge in [0.15, 0.2) is 0 Å². The third-order valence-corrected chi connectivity index (χ3v) is 5.56. The number of likely N-dealkylation sites (tertiary alicyclic amines) is 1. The minimum absolute atomic E-state index is 0.171. The second-order valence-corrected chi connectivity index (χ2v) is 6.74. The normalized spacial score (nSPS) is 36.9. The Labute approximate surface area is 116 Å². The van der Waals surface area contributed by atoms with Crippen LogP contribution in [0.1, 0.15) is 64.2 Å². The van der Waals surface area contributed by atoms with Gasteiger partial charge in [-0.05, 0) is 38.5 Å². The molecule has 0 aromatic heterocycles. The van der Waals surface area contributed by atoms with Gasteiger partial charge in [-0.2, -0.15) is 0 Å². The summed E-state index contributed by atoms with van der Waals surface area (Å²) in [7, 11) is 0. The third kappa shape index (κ3) is 2.67. The Morgan fingerprint density at radius 3 is 2.32 bits per heavy atom. The summed E-state index contributed by atoms with van der Waals surface area (Å²) >= 11 is 0. The van der Waals surface area contributed by atoms with Crippen molar-refractivity contribution in [2.45, 2.75) is 76.4 Å². The summed E-state index contributed by atoms with van der Waals surface area (Å²) in [6.45, 7) is 0.934. The standard InChI is InChI=1S/C16H27NO2/c18-15-10-4-3-8-13(15)14-9-5-11-17(14)16(19)12-6-1-2-7-12/h12-15,18H,1-11H2. The molecule has 3 nitrogen and oxygen atoms in total. The molecular formula is C16H27NO2. The number of aliphatic hydroxyl groups excluding tert-OH is 1. The fraction of sp³-hybridized carbons (Fsp3) is 0.938. The Kier molecular flexibility index (Phi) is 4.11. The van der Waals surface area contributed by atoms with Crippen molar-refractivity contribution < 1.29 is 9.90 Å². The lowest BCUT2D eigenvalue weighted by Crippen LogP contribution is -2.46. The molecular weight excluding hydrogens is 238 g/mol. The predicted molar refractivity (Wildman–Crippen MR) is 74.7 cm³/mol. The second-order valence-electron chi connectivity index (χ2n) is 6.74. The molecule has 3 aliphatic rings. The first-order chi connectivity index (χ1) is 9.27. The van der Waals surface area contributed by atoms with Gasteiger partial charge in [0.05, 0.1) is 6.10 Å². The number of nitrogens with zero attached hydrogens (tertiary/aromatic N) is 1. The monoisotopic (exact) mass is 265 g/mol. The van der Waals surface area contributed by atoms with E-state index < -0.39 is 0 Å². The van der Waals surface area contributed by atoms with E-state index in [0.717, 1.165) is 51.5 Å². The Balaban J connectivity index is 1.68. The zero-order chi connectivity index (χ0) is 13.2. The van der Waals surface area contributed by atoms with Crippen LogP contribution in [-0.2, 0) is 4.79 Å². The minimum Gasteiger partial charge on any atom is -0.393 e. The summed E-state index contributed by atoms with van der Waals surface area (Å²) in [4.78, 5) is 14.8. The van der Waals surface area contributed by atoms with E-state index >= 15 is 0 Å². The molecule has 3 unspecified atom stereocenters. The fourth-order valence-corrected chi connectivity index (χ4v) is 4.51. The van der Waals surface area contributed by atoms with Crippen molar-refractivity contribution in [1.29, 1.82) is 0 Å². The smallest absolute Gasteiger partial charge is 0.225 e. The second kappa shape index (κ2) is 5.82. The van der Waals surface area contributed by atoms with Gasteiger partial charge >= 0.3 is 0 Å². The van der Waals surface area contributed by atoms with E-state index in [4.69, 9.17) is 0 Å². The van der Waals surface area contributed by atoms with Crippen molar-refractivity contribution in [1.82, 2.24) is 4.90 Å². The number of aliphatic hydroxyl groups is 1. The molecule has 1 aliphatic heterocycles. The summed E-state index contributed by atoms with van der Waals surface area (Å²) in [5.41, 5.74) is 0. The van der Waals surface area contributed by atoms with Crippen LogP contribution in [0.2, 0.25) is 0 Å². The van der Waals surface area contributed by atoms with E-state index in [-0.39, 0.29) is 6.10 Å². The van der Waals surface area contributed by atoms with Crippen LogP contribution in [-0.4, -0.2) is 34.6 Å². The molecule has 0 aromatic rings. The van der Waals surface area contributed by atoms with Crippen molar-refractivity contribution >= 4 is 5.91 Å². The summed E-state index contributed by atoms with van der Waals surface area (Å²) in [5.74, 6) is 1.04. The Morgan fingerprint density at radius 2 is 1.58 bits per heavy atom. The maximum absolute atomic E-state index is 12.7. The van der Waals surface area contributed by atoms with Crippen LogP contribution < -0.4 is 0 Å². The van der Waals surface area contributed by atoms with Crippen LogP contribution in [0.15, 0.2) is 0 Å². The number of hydrogen-bond acceptors (Lipinski definition) is 2. The molecule has 0 radical (unpaired) electrons. The van der Waals surface area contributed by atoms with Gasteiger partial charge in [-0.1, -0.05) is 25.7 Å². The van der Waals surface area contributed by atoms with Crippen LogP contribution in [0.25, 0.3) is 0 Å². The van der Waals surface area contributed by atoms with E-state index in [2.05, 4.69) is 4.90 Å². The minimum atomic E-state index is -0.171. The summed E-state index contributed by atoms with van der Waals surface area (Å²) in [5, 5.41) is 10.3. The quantitative estimate of drug-likeness (QED) is 0.834. The van der Waals surface area contributed by atoms with Crippen LogP contribution in [0.4, 0.5) is 0 Å². The van der Waals surface area contributed by atoms with Gasteiger partial charge in [-0.3, -0.25) is 4.79 Å². The SMILES string of the molecule is O=C(C1CCCC1)N1CCCC1C1CCCCC1O. The Bertz CT molecular complexity index is 325. The van der Waals surface area contributed by atoms with Gasteiger partial charge in [0.25, 0.3) is 0 Å². The summed E-state index contributed by atoms with van der Waals surface area (Å²) in [6, 6.07) is 0.336. The summed E-state index contributed by atoms with van der Waals surface area (Å²) in [6.07, 6.45) is 11.1. The van der Waals surface area contributed by atoms with Crippen molar-refractivity contribution in [3.8, 4) is 0 Å². The van der Waals surface area contributed by atoms with Gasteiger partial charge in [0, 0.05) is 24.4 Å². The molecule has 1 N–H and O–H groups in total. The molecule has 0 aromatic carbocycles. The number of amides is 1. The largest absolute Gasteiger partial charge is 0.393 e. The van der Waals surface area contributed by atoms with Crippen LogP contribution in [0.5, 0.6) is 0 Å². The first-order valence-corrected chi connectivity index (χ1v) is 8.26. The molecule has 0 spiro atoms. The van der Waals surface area contributed by atoms with E-state index in [1.54, 1.807) is 0 Å². The molecule has 1 heterocycles. The van der Waals surface area contributed by atoms with E-state index in [9.17, 15) is 9.90 Å². The van der Waals surface area contributed by atoms with E-state index in [1.165, 1.54) is 19.3 Å². The lowest BCUT2D eigenvalue weighted by molar-refractivity contribution is -0.138.